The number of carbonyl (C=O) groups excluding carboxylic acids is 2. The molecule has 0 saturated heterocycles. The maximum absolute atomic E-state index is 12.7. The maximum atomic E-state index is 12.7. The summed E-state index contributed by atoms with van der Waals surface area (Å²) in [6, 6.07) is 16.0. The summed E-state index contributed by atoms with van der Waals surface area (Å²) >= 11 is 0. The molecule has 3 aliphatic rings. The first-order valence-corrected chi connectivity index (χ1v) is 12.1. The van der Waals surface area contributed by atoms with E-state index in [0.29, 0.717) is 19.3 Å². The average Bonchev–Trinajstić information content (AvgIpc) is 3.49. The van der Waals surface area contributed by atoms with Gasteiger partial charge in [0.2, 0.25) is 5.91 Å². The molecule has 5 rings (SSSR count). The molecular formula is C27H30N2O5. The van der Waals surface area contributed by atoms with Gasteiger partial charge in [-0.2, -0.15) is 0 Å². The van der Waals surface area contributed by atoms with Gasteiger partial charge in [0.1, 0.15) is 6.61 Å². The number of hydrogen-bond acceptors (Lipinski definition) is 4. The van der Waals surface area contributed by atoms with Gasteiger partial charge in [0, 0.05) is 24.4 Å². The normalized spacial score (nSPS) is 21.9. The van der Waals surface area contributed by atoms with Crippen molar-refractivity contribution >= 4 is 18.0 Å². The van der Waals surface area contributed by atoms with E-state index in [9.17, 15) is 14.4 Å². The van der Waals surface area contributed by atoms with E-state index in [1.807, 2.05) is 24.3 Å². The second-order valence-electron chi connectivity index (χ2n) is 9.73. The molecule has 0 heterocycles. The van der Waals surface area contributed by atoms with Crippen molar-refractivity contribution < 1.29 is 24.2 Å². The topological polar surface area (TPSA) is 105 Å². The Balaban J connectivity index is 1.15. The van der Waals surface area contributed by atoms with Crippen LogP contribution in [0.2, 0.25) is 0 Å². The van der Waals surface area contributed by atoms with Crippen LogP contribution in [-0.4, -0.2) is 41.8 Å². The Morgan fingerprint density at radius 1 is 0.941 bits per heavy atom. The third-order valence-electron chi connectivity index (χ3n) is 7.39. The molecule has 2 fully saturated rings. The van der Waals surface area contributed by atoms with Crippen LogP contribution in [0.25, 0.3) is 11.1 Å². The summed E-state index contributed by atoms with van der Waals surface area (Å²) in [6.45, 7) is 0.238. The van der Waals surface area contributed by atoms with Gasteiger partial charge in [-0.05, 0) is 60.3 Å². The van der Waals surface area contributed by atoms with Crippen molar-refractivity contribution in [3.63, 3.8) is 0 Å². The van der Waals surface area contributed by atoms with Crippen LogP contribution in [0, 0.1) is 11.8 Å². The van der Waals surface area contributed by atoms with E-state index >= 15 is 0 Å². The van der Waals surface area contributed by atoms with Crippen LogP contribution in [-0.2, 0) is 14.3 Å². The Morgan fingerprint density at radius 3 is 2.18 bits per heavy atom. The lowest BCUT2D eigenvalue weighted by atomic mass is 9.98. The lowest BCUT2D eigenvalue weighted by molar-refractivity contribution is -0.141. The van der Waals surface area contributed by atoms with Crippen molar-refractivity contribution in [2.45, 2.75) is 56.5 Å². The Kier molecular flexibility index (Phi) is 6.26. The first kappa shape index (κ1) is 22.4. The molecule has 178 valence electrons. The van der Waals surface area contributed by atoms with E-state index in [1.165, 1.54) is 11.1 Å². The summed E-state index contributed by atoms with van der Waals surface area (Å²) in [5.74, 6) is -1.06. The predicted octanol–water partition coefficient (Wildman–Crippen LogP) is 4.06. The third-order valence-corrected chi connectivity index (χ3v) is 7.39. The number of fused-ring (bicyclic) bond motifs is 3. The second kappa shape index (κ2) is 9.49. The van der Waals surface area contributed by atoms with Crippen molar-refractivity contribution in [2.75, 3.05) is 6.61 Å². The number of hydrogen-bond donors (Lipinski definition) is 3. The molecule has 2 aromatic carbocycles. The zero-order valence-corrected chi connectivity index (χ0v) is 19.0. The van der Waals surface area contributed by atoms with Gasteiger partial charge in [0.05, 0.1) is 5.92 Å². The summed E-state index contributed by atoms with van der Waals surface area (Å²) in [4.78, 5) is 36.4. The molecule has 7 nitrogen and oxygen atoms in total. The highest BCUT2D eigenvalue weighted by atomic mass is 16.5. The number of amides is 2. The van der Waals surface area contributed by atoms with E-state index in [1.54, 1.807) is 0 Å². The highest BCUT2D eigenvalue weighted by Gasteiger charge is 2.36. The predicted molar refractivity (Wildman–Crippen MR) is 126 cm³/mol. The quantitative estimate of drug-likeness (QED) is 0.549. The Labute approximate surface area is 198 Å². The molecule has 7 heteroatoms. The summed E-state index contributed by atoms with van der Waals surface area (Å²) in [7, 11) is 0. The van der Waals surface area contributed by atoms with Crippen molar-refractivity contribution in [3.05, 3.63) is 59.7 Å². The minimum atomic E-state index is -0.801. The summed E-state index contributed by atoms with van der Waals surface area (Å²) in [5.41, 5.74) is 4.67. The fraction of sp³-hybridized carbons (Fsp3) is 0.444. The zero-order chi connectivity index (χ0) is 23.7. The van der Waals surface area contributed by atoms with Crippen LogP contribution in [0.3, 0.4) is 0 Å². The van der Waals surface area contributed by atoms with Gasteiger partial charge in [0.15, 0.2) is 0 Å². The van der Waals surface area contributed by atoms with Crippen LogP contribution in [0.4, 0.5) is 4.79 Å². The minimum Gasteiger partial charge on any atom is -0.481 e. The average molecular weight is 463 g/mol. The Hall–Kier alpha value is -3.35. The summed E-state index contributed by atoms with van der Waals surface area (Å²) in [5, 5.41) is 15.0. The van der Waals surface area contributed by atoms with E-state index < -0.39 is 12.1 Å². The monoisotopic (exact) mass is 462 g/mol. The maximum Gasteiger partial charge on any atom is 0.407 e. The SMILES string of the molecule is O=C(CC(NC(=O)OCC1c2ccccc2-c2ccccc21)C1CC1)N[C@H]1CC[C@@H](C(=O)O)C1. The fourth-order valence-electron chi connectivity index (χ4n) is 5.45. The number of carboxylic acid groups (broad SMARTS) is 1. The number of carbonyl (C=O) groups is 3. The van der Waals surface area contributed by atoms with E-state index in [2.05, 4.69) is 34.9 Å². The molecule has 34 heavy (non-hydrogen) atoms. The molecule has 0 aliphatic heterocycles. The number of carboxylic acids is 1. The minimum absolute atomic E-state index is 0.00892. The molecule has 3 atom stereocenters. The molecule has 2 saturated carbocycles. The van der Waals surface area contributed by atoms with Crippen molar-refractivity contribution in [2.24, 2.45) is 11.8 Å². The number of alkyl carbamates (subject to hydrolysis) is 1. The van der Waals surface area contributed by atoms with Crippen LogP contribution < -0.4 is 10.6 Å². The molecule has 0 bridgehead atoms. The molecule has 1 unspecified atom stereocenters. The Bertz CT molecular complexity index is 1050. The smallest absolute Gasteiger partial charge is 0.407 e. The van der Waals surface area contributed by atoms with Gasteiger partial charge in [0.25, 0.3) is 0 Å². The molecule has 0 aromatic heterocycles. The lowest BCUT2D eigenvalue weighted by Crippen LogP contribution is -2.43. The highest BCUT2D eigenvalue weighted by molar-refractivity contribution is 5.80. The van der Waals surface area contributed by atoms with Crippen molar-refractivity contribution in [1.29, 1.82) is 0 Å². The van der Waals surface area contributed by atoms with Crippen LogP contribution in [0.1, 0.15) is 55.6 Å². The molecule has 2 aromatic rings. The number of nitrogens with one attached hydrogen (secondary N) is 2. The van der Waals surface area contributed by atoms with E-state index in [0.717, 1.165) is 24.0 Å². The third kappa shape index (κ3) is 4.79. The molecule has 3 aliphatic carbocycles. The lowest BCUT2D eigenvalue weighted by Gasteiger charge is -2.20. The molecular weight excluding hydrogens is 432 g/mol. The van der Waals surface area contributed by atoms with Gasteiger partial charge in [-0.15, -0.1) is 0 Å². The van der Waals surface area contributed by atoms with Gasteiger partial charge in [-0.1, -0.05) is 48.5 Å². The highest BCUT2D eigenvalue weighted by Crippen LogP contribution is 2.44. The van der Waals surface area contributed by atoms with Crippen LogP contribution in [0.5, 0.6) is 0 Å². The first-order chi connectivity index (χ1) is 16.5. The Morgan fingerprint density at radius 2 is 1.59 bits per heavy atom. The largest absolute Gasteiger partial charge is 0.481 e. The van der Waals surface area contributed by atoms with Gasteiger partial charge >= 0.3 is 12.1 Å². The number of rotatable bonds is 8. The molecule has 3 N–H and O–H groups in total. The van der Waals surface area contributed by atoms with Crippen LogP contribution >= 0.6 is 0 Å². The number of ether oxygens (including phenoxy) is 1. The van der Waals surface area contributed by atoms with Crippen molar-refractivity contribution in [1.82, 2.24) is 10.6 Å². The molecule has 2 amide bonds. The van der Waals surface area contributed by atoms with E-state index in [4.69, 9.17) is 9.84 Å². The first-order valence-electron chi connectivity index (χ1n) is 12.1. The van der Waals surface area contributed by atoms with Crippen molar-refractivity contribution in [3.8, 4) is 11.1 Å². The van der Waals surface area contributed by atoms with Crippen LogP contribution in [0.15, 0.2) is 48.5 Å². The standard InChI is InChI=1S/C27H30N2O5/c30-25(28-18-12-11-17(13-18)26(31)32)14-24(16-9-10-16)29-27(33)34-15-23-21-7-3-1-5-19(21)20-6-2-4-8-22(20)23/h1-8,16-18,23-24H,9-15H2,(H,28,30)(H,29,33)(H,31,32)/t17-,18+,24?/m1/s1. The van der Waals surface area contributed by atoms with Gasteiger partial charge in [-0.25, -0.2) is 4.79 Å². The molecule has 0 radical (unpaired) electrons. The number of aliphatic carboxylic acids is 1. The summed E-state index contributed by atoms with van der Waals surface area (Å²) < 4.78 is 5.66. The second-order valence-corrected chi connectivity index (χ2v) is 9.73. The number of benzene rings is 2. The van der Waals surface area contributed by atoms with Gasteiger partial charge < -0.3 is 20.5 Å². The van der Waals surface area contributed by atoms with E-state index in [-0.39, 0.29) is 48.8 Å². The molecule has 0 spiro atoms. The fourth-order valence-corrected chi connectivity index (χ4v) is 5.45. The van der Waals surface area contributed by atoms with Gasteiger partial charge in [-0.3, -0.25) is 9.59 Å². The zero-order valence-electron chi connectivity index (χ0n) is 19.0. The summed E-state index contributed by atoms with van der Waals surface area (Å²) in [6.07, 6.45) is 3.37.